The van der Waals surface area contributed by atoms with Crippen molar-refractivity contribution in [3.8, 4) is 28.7 Å². The van der Waals surface area contributed by atoms with Gasteiger partial charge in [-0.05, 0) is 38.1 Å². The molecule has 30 heavy (non-hydrogen) atoms. The molecule has 7 heteroatoms. The van der Waals surface area contributed by atoms with Crippen molar-refractivity contribution >= 4 is 11.9 Å². The van der Waals surface area contributed by atoms with Gasteiger partial charge in [-0.2, -0.15) is 0 Å². The molecule has 3 aliphatic heterocycles. The average molecular weight is 412 g/mol. The summed E-state index contributed by atoms with van der Waals surface area (Å²) in [5.41, 5.74) is 0.445. The highest BCUT2D eigenvalue weighted by Gasteiger charge is 2.45. The smallest absolute Gasteiger partial charge is 0.178 e. The van der Waals surface area contributed by atoms with E-state index in [1.54, 1.807) is 45.2 Å². The number of ether oxygens (including phenoxy) is 5. The molecule has 2 aromatic carbocycles. The molecule has 3 heterocycles. The second kappa shape index (κ2) is 6.39. The first-order chi connectivity index (χ1) is 14.3. The Hall–Kier alpha value is -3.22. The predicted molar refractivity (Wildman–Crippen MR) is 107 cm³/mol. The number of carbonyl (C=O) groups excluding carboxylic acids is 1. The Kier molecular flexibility index (Phi) is 4.00. The summed E-state index contributed by atoms with van der Waals surface area (Å²) in [7, 11) is 3.08. The minimum atomic E-state index is -1.06. The molecule has 3 aliphatic rings. The number of hydrogen-bond donors (Lipinski definition) is 0. The number of carbonyl (C=O) groups is 1. The number of rotatable bonds is 2. The van der Waals surface area contributed by atoms with E-state index in [4.69, 9.17) is 23.7 Å². The van der Waals surface area contributed by atoms with Gasteiger partial charge in [0.25, 0.3) is 0 Å². The first-order valence-electron chi connectivity index (χ1n) is 9.67. The standard InChI is InChI=1S/C23H21FO6/c1-23(2)19(24)8-13-14(30-23)6-5-11-21(25)20-12-7-16(26-3)17(27-4)9-15(12)28-10-18(20)29-22(11)13/h5-9,18,20H,10H2,1-4H3/t18-,20+/m1/s1. The Balaban J connectivity index is 1.62. The van der Waals surface area contributed by atoms with E-state index in [2.05, 4.69) is 0 Å². The fourth-order valence-corrected chi connectivity index (χ4v) is 4.20. The van der Waals surface area contributed by atoms with Crippen molar-refractivity contribution in [3.05, 3.63) is 46.8 Å². The zero-order chi connectivity index (χ0) is 21.2. The van der Waals surface area contributed by atoms with Crippen molar-refractivity contribution in [2.45, 2.75) is 31.5 Å². The van der Waals surface area contributed by atoms with E-state index < -0.39 is 23.4 Å². The Morgan fingerprint density at radius 3 is 2.57 bits per heavy atom. The number of fused-ring (bicyclic) bond motifs is 6. The van der Waals surface area contributed by atoms with Gasteiger partial charge in [0.05, 0.1) is 31.3 Å². The van der Waals surface area contributed by atoms with Crippen LogP contribution in [0.15, 0.2) is 30.1 Å². The molecule has 0 saturated carbocycles. The summed E-state index contributed by atoms with van der Waals surface area (Å²) in [6.45, 7) is 3.48. The third kappa shape index (κ3) is 2.57. The highest BCUT2D eigenvalue weighted by atomic mass is 19.1. The largest absolute Gasteiger partial charge is 0.493 e. The highest BCUT2D eigenvalue weighted by Crippen LogP contribution is 2.50. The van der Waals surface area contributed by atoms with Gasteiger partial charge in [-0.25, -0.2) is 4.39 Å². The summed E-state index contributed by atoms with van der Waals surface area (Å²) in [4.78, 5) is 13.5. The number of Topliss-reactive ketones (excluding diaryl/α,β-unsaturated/α-hetero) is 1. The molecule has 0 spiro atoms. The zero-order valence-corrected chi connectivity index (χ0v) is 17.1. The van der Waals surface area contributed by atoms with Crippen molar-refractivity contribution < 1.29 is 32.9 Å². The molecular formula is C23H21FO6. The maximum Gasteiger partial charge on any atom is 0.178 e. The minimum Gasteiger partial charge on any atom is -0.493 e. The van der Waals surface area contributed by atoms with Crippen LogP contribution < -0.4 is 23.7 Å². The molecule has 156 valence electrons. The molecular weight excluding hydrogens is 391 g/mol. The van der Waals surface area contributed by atoms with Crippen molar-refractivity contribution in [1.29, 1.82) is 0 Å². The number of halogens is 1. The first kappa shape index (κ1) is 18.8. The quantitative estimate of drug-likeness (QED) is 0.733. The predicted octanol–water partition coefficient (Wildman–Crippen LogP) is 4.31. The molecule has 0 radical (unpaired) electrons. The molecule has 0 bridgehead atoms. The summed E-state index contributed by atoms with van der Waals surface area (Å²) < 4.78 is 43.1. The molecule has 6 nitrogen and oxygen atoms in total. The van der Waals surface area contributed by atoms with Gasteiger partial charge < -0.3 is 23.7 Å². The fraction of sp³-hybridized carbons (Fsp3) is 0.348. The van der Waals surface area contributed by atoms with Crippen LogP contribution in [0.5, 0.6) is 28.7 Å². The monoisotopic (exact) mass is 412 g/mol. The third-order valence-electron chi connectivity index (χ3n) is 5.81. The van der Waals surface area contributed by atoms with E-state index >= 15 is 0 Å². The number of methoxy groups -OCH3 is 2. The zero-order valence-electron chi connectivity index (χ0n) is 17.1. The summed E-state index contributed by atoms with van der Waals surface area (Å²) in [5, 5.41) is 0. The number of benzene rings is 2. The van der Waals surface area contributed by atoms with Gasteiger partial charge in [0.2, 0.25) is 0 Å². The van der Waals surface area contributed by atoms with Crippen LogP contribution in [0.4, 0.5) is 4.39 Å². The van der Waals surface area contributed by atoms with Gasteiger partial charge in [-0.15, -0.1) is 0 Å². The lowest BCUT2D eigenvalue weighted by Crippen LogP contribution is -2.43. The van der Waals surface area contributed by atoms with Gasteiger partial charge >= 0.3 is 0 Å². The summed E-state index contributed by atoms with van der Waals surface area (Å²) >= 11 is 0. The Bertz CT molecular complexity index is 1100. The Morgan fingerprint density at radius 1 is 1.10 bits per heavy atom. The van der Waals surface area contributed by atoms with Crippen molar-refractivity contribution in [3.63, 3.8) is 0 Å². The molecule has 0 fully saturated rings. The van der Waals surface area contributed by atoms with Crippen molar-refractivity contribution in [1.82, 2.24) is 0 Å². The van der Waals surface area contributed by atoms with Crippen LogP contribution in [0.25, 0.3) is 6.08 Å². The second-order valence-electron chi connectivity index (χ2n) is 8.01. The summed E-state index contributed by atoms with van der Waals surface area (Å²) in [5.74, 6) is 1.30. The van der Waals surface area contributed by atoms with Crippen LogP contribution in [0, 0.1) is 0 Å². The minimum absolute atomic E-state index is 0.112. The van der Waals surface area contributed by atoms with Crippen molar-refractivity contribution in [2.24, 2.45) is 0 Å². The Morgan fingerprint density at radius 2 is 1.83 bits per heavy atom. The third-order valence-corrected chi connectivity index (χ3v) is 5.81. The van der Waals surface area contributed by atoms with E-state index in [1.807, 2.05) is 0 Å². The molecule has 0 N–H and O–H groups in total. The van der Waals surface area contributed by atoms with E-state index in [0.717, 1.165) is 0 Å². The number of ketones is 1. The Labute approximate surface area is 173 Å². The normalized spacial score (nSPS) is 22.7. The molecule has 0 aromatic heterocycles. The second-order valence-corrected chi connectivity index (χ2v) is 8.01. The van der Waals surface area contributed by atoms with Crippen LogP contribution in [0.1, 0.15) is 41.3 Å². The van der Waals surface area contributed by atoms with Gasteiger partial charge in [-0.3, -0.25) is 4.79 Å². The molecule has 0 unspecified atom stereocenters. The van der Waals surface area contributed by atoms with Gasteiger partial charge in [0.1, 0.15) is 35.8 Å². The van der Waals surface area contributed by atoms with Gasteiger partial charge in [0.15, 0.2) is 22.9 Å². The molecule has 2 aromatic rings. The van der Waals surface area contributed by atoms with Crippen LogP contribution in [0.3, 0.4) is 0 Å². The van der Waals surface area contributed by atoms with E-state index in [9.17, 15) is 9.18 Å². The molecule has 2 atom stereocenters. The van der Waals surface area contributed by atoms with Crippen LogP contribution >= 0.6 is 0 Å². The number of hydrogen-bond acceptors (Lipinski definition) is 6. The van der Waals surface area contributed by atoms with Crippen LogP contribution in [-0.2, 0) is 0 Å². The maximum atomic E-state index is 14.5. The summed E-state index contributed by atoms with van der Waals surface area (Å²) in [6, 6.07) is 6.83. The molecule has 0 aliphatic carbocycles. The average Bonchev–Trinajstić information content (AvgIpc) is 2.73. The SMILES string of the molecule is COc1cc2c(cc1OC)[C@@H]1C(=O)c3ccc4c(c3O[C@@H]1CO2)C=C(F)C(C)(C)O4. The van der Waals surface area contributed by atoms with Crippen LogP contribution in [-0.4, -0.2) is 38.3 Å². The van der Waals surface area contributed by atoms with Crippen molar-refractivity contribution in [2.75, 3.05) is 20.8 Å². The molecule has 0 saturated heterocycles. The van der Waals surface area contributed by atoms with Gasteiger partial charge in [-0.1, -0.05) is 0 Å². The van der Waals surface area contributed by atoms with E-state index in [1.165, 1.54) is 13.2 Å². The lowest BCUT2D eigenvalue weighted by molar-refractivity contribution is 0.0549. The maximum absolute atomic E-state index is 14.5. The fourth-order valence-electron chi connectivity index (χ4n) is 4.20. The summed E-state index contributed by atoms with van der Waals surface area (Å²) in [6.07, 6.45) is 0.838. The topological polar surface area (TPSA) is 63.2 Å². The van der Waals surface area contributed by atoms with E-state index in [-0.39, 0.29) is 12.4 Å². The molecule has 0 amide bonds. The first-order valence-corrected chi connectivity index (χ1v) is 9.67. The van der Waals surface area contributed by atoms with E-state index in [0.29, 0.717) is 45.4 Å². The van der Waals surface area contributed by atoms with Crippen LogP contribution in [0.2, 0.25) is 0 Å². The lowest BCUT2D eigenvalue weighted by Gasteiger charge is -2.39. The van der Waals surface area contributed by atoms with Gasteiger partial charge in [0, 0.05) is 11.6 Å². The molecule has 5 rings (SSSR count). The highest BCUT2D eigenvalue weighted by molar-refractivity contribution is 6.06. The lowest BCUT2D eigenvalue weighted by atomic mass is 9.81.